The second-order valence-corrected chi connectivity index (χ2v) is 6.25. The zero-order valence-corrected chi connectivity index (χ0v) is 14.0. The maximum Gasteiger partial charge on any atom is 0.232 e. The Balaban J connectivity index is 1.51. The highest BCUT2D eigenvalue weighted by molar-refractivity contribution is 5.76. The lowest BCUT2D eigenvalue weighted by atomic mass is 10.0. The number of carbonyl (C=O) groups excluding carboxylic acids is 1. The number of benzene rings is 1. The number of aryl methyl sites for hydroxylation is 2. The molecule has 0 aliphatic carbocycles. The highest BCUT2D eigenvalue weighted by Gasteiger charge is 2.24. The van der Waals surface area contributed by atoms with Gasteiger partial charge in [-0.25, -0.2) is 4.98 Å². The molecule has 126 valence electrons. The third-order valence-corrected chi connectivity index (χ3v) is 4.27. The van der Waals surface area contributed by atoms with E-state index in [9.17, 15) is 4.79 Å². The SMILES string of the molecule is Cc1cccc(CCC(=O)N2CCCC(Oc3cnccn3)C2)c1. The van der Waals surface area contributed by atoms with Gasteiger partial charge in [0.1, 0.15) is 6.10 Å². The van der Waals surface area contributed by atoms with Crippen molar-refractivity contribution in [1.82, 2.24) is 14.9 Å². The first-order valence-corrected chi connectivity index (χ1v) is 8.47. The highest BCUT2D eigenvalue weighted by atomic mass is 16.5. The summed E-state index contributed by atoms with van der Waals surface area (Å²) in [5.41, 5.74) is 2.45. The van der Waals surface area contributed by atoms with Gasteiger partial charge in [0.05, 0.1) is 12.7 Å². The Kier molecular flexibility index (Phi) is 5.41. The average Bonchev–Trinajstić information content (AvgIpc) is 2.61. The van der Waals surface area contributed by atoms with Crippen LogP contribution in [-0.2, 0) is 11.2 Å². The Morgan fingerprint density at radius 3 is 3.08 bits per heavy atom. The summed E-state index contributed by atoms with van der Waals surface area (Å²) in [4.78, 5) is 22.6. The van der Waals surface area contributed by atoms with Crippen LogP contribution in [0, 0.1) is 6.92 Å². The number of hydrogen-bond donors (Lipinski definition) is 0. The third kappa shape index (κ3) is 4.54. The molecule has 0 N–H and O–H groups in total. The van der Waals surface area contributed by atoms with Crippen molar-refractivity contribution >= 4 is 5.91 Å². The van der Waals surface area contributed by atoms with E-state index >= 15 is 0 Å². The largest absolute Gasteiger partial charge is 0.471 e. The molecule has 0 spiro atoms. The summed E-state index contributed by atoms with van der Waals surface area (Å²) in [6.07, 6.45) is 8.07. The van der Waals surface area contributed by atoms with Gasteiger partial charge >= 0.3 is 0 Å². The number of nitrogens with zero attached hydrogens (tertiary/aromatic N) is 3. The molecular formula is C19H23N3O2. The average molecular weight is 325 g/mol. The molecule has 0 bridgehead atoms. The lowest BCUT2D eigenvalue weighted by molar-refractivity contribution is -0.133. The molecule has 1 aromatic carbocycles. The number of likely N-dealkylation sites (tertiary alicyclic amines) is 1. The van der Waals surface area contributed by atoms with Crippen molar-refractivity contribution in [2.24, 2.45) is 0 Å². The minimum absolute atomic E-state index is 0.00151. The van der Waals surface area contributed by atoms with E-state index < -0.39 is 0 Å². The molecule has 3 rings (SSSR count). The van der Waals surface area contributed by atoms with E-state index in [1.54, 1.807) is 18.6 Å². The molecule has 1 aliphatic heterocycles. The fourth-order valence-electron chi connectivity index (χ4n) is 3.05. The van der Waals surface area contributed by atoms with Crippen LogP contribution < -0.4 is 4.74 Å². The fraction of sp³-hybridized carbons (Fsp3) is 0.421. The van der Waals surface area contributed by atoms with Crippen LogP contribution in [0.5, 0.6) is 5.88 Å². The maximum absolute atomic E-state index is 12.5. The van der Waals surface area contributed by atoms with E-state index in [4.69, 9.17) is 4.74 Å². The molecule has 1 aliphatic rings. The van der Waals surface area contributed by atoms with Crippen molar-refractivity contribution < 1.29 is 9.53 Å². The first-order valence-electron chi connectivity index (χ1n) is 8.47. The van der Waals surface area contributed by atoms with Gasteiger partial charge in [-0.05, 0) is 31.7 Å². The summed E-state index contributed by atoms with van der Waals surface area (Å²) >= 11 is 0. The second-order valence-electron chi connectivity index (χ2n) is 6.25. The van der Waals surface area contributed by atoms with E-state index in [-0.39, 0.29) is 12.0 Å². The maximum atomic E-state index is 12.5. The van der Waals surface area contributed by atoms with Gasteiger partial charge in [-0.1, -0.05) is 29.8 Å². The molecule has 0 radical (unpaired) electrons. The quantitative estimate of drug-likeness (QED) is 0.848. The standard InChI is InChI=1S/C19H23N3O2/c1-15-4-2-5-16(12-15)7-8-19(23)22-11-3-6-17(14-22)24-18-13-20-9-10-21-18/h2,4-5,9-10,12-13,17H,3,6-8,11,14H2,1H3. The molecule has 1 amide bonds. The lowest BCUT2D eigenvalue weighted by Gasteiger charge is -2.32. The molecule has 1 aromatic heterocycles. The molecule has 1 unspecified atom stereocenters. The predicted octanol–water partition coefficient (Wildman–Crippen LogP) is 2.79. The Morgan fingerprint density at radius 2 is 2.29 bits per heavy atom. The molecule has 0 saturated carbocycles. The number of carbonyl (C=O) groups is 1. The molecule has 5 nitrogen and oxygen atoms in total. The second kappa shape index (κ2) is 7.90. The van der Waals surface area contributed by atoms with E-state index in [0.29, 0.717) is 18.8 Å². The molecule has 1 saturated heterocycles. The third-order valence-electron chi connectivity index (χ3n) is 4.27. The number of ether oxygens (including phenoxy) is 1. The van der Waals surface area contributed by atoms with Gasteiger partial charge in [0.15, 0.2) is 0 Å². The molecule has 1 atom stereocenters. The van der Waals surface area contributed by atoms with Gasteiger partial charge in [0, 0.05) is 25.4 Å². The van der Waals surface area contributed by atoms with Crippen molar-refractivity contribution in [2.75, 3.05) is 13.1 Å². The van der Waals surface area contributed by atoms with E-state index in [1.807, 2.05) is 11.0 Å². The van der Waals surface area contributed by atoms with Gasteiger partial charge in [-0.3, -0.25) is 9.78 Å². The highest BCUT2D eigenvalue weighted by Crippen LogP contribution is 2.17. The zero-order valence-electron chi connectivity index (χ0n) is 14.0. The smallest absolute Gasteiger partial charge is 0.232 e. The molecule has 1 fully saturated rings. The summed E-state index contributed by atoms with van der Waals surface area (Å²) in [6.45, 7) is 3.51. The predicted molar refractivity (Wildman–Crippen MR) is 91.8 cm³/mol. The molecule has 2 heterocycles. The van der Waals surface area contributed by atoms with E-state index in [2.05, 4.69) is 35.1 Å². The molecule has 2 aromatic rings. The monoisotopic (exact) mass is 325 g/mol. The van der Waals surface area contributed by atoms with Gasteiger partial charge < -0.3 is 9.64 Å². The van der Waals surface area contributed by atoms with E-state index in [0.717, 1.165) is 25.8 Å². The van der Waals surface area contributed by atoms with Crippen molar-refractivity contribution in [2.45, 2.75) is 38.7 Å². The number of piperidine rings is 1. The van der Waals surface area contributed by atoms with Crippen LogP contribution >= 0.6 is 0 Å². The number of rotatable bonds is 5. The van der Waals surface area contributed by atoms with Crippen molar-refractivity contribution in [3.05, 3.63) is 54.0 Å². The van der Waals surface area contributed by atoms with E-state index in [1.165, 1.54) is 11.1 Å². The van der Waals surface area contributed by atoms with Gasteiger partial charge in [0.25, 0.3) is 0 Å². The molecular weight excluding hydrogens is 302 g/mol. The molecule has 24 heavy (non-hydrogen) atoms. The minimum atomic E-state index is -0.00151. The molecule has 5 heteroatoms. The Labute approximate surface area is 142 Å². The number of aromatic nitrogens is 2. The van der Waals surface area contributed by atoms with Crippen LogP contribution in [-0.4, -0.2) is 40.0 Å². The number of hydrogen-bond acceptors (Lipinski definition) is 4. The first kappa shape index (κ1) is 16.4. The van der Waals surface area contributed by atoms with Gasteiger partial charge in [0.2, 0.25) is 11.8 Å². The first-order chi connectivity index (χ1) is 11.7. The fourth-order valence-corrected chi connectivity index (χ4v) is 3.05. The van der Waals surface area contributed by atoms with Crippen LogP contribution in [0.4, 0.5) is 0 Å². The van der Waals surface area contributed by atoms with Crippen LogP contribution in [0.15, 0.2) is 42.9 Å². The van der Waals surface area contributed by atoms with Crippen LogP contribution in [0.1, 0.15) is 30.4 Å². The van der Waals surface area contributed by atoms with Crippen molar-refractivity contribution in [3.8, 4) is 5.88 Å². The summed E-state index contributed by atoms with van der Waals surface area (Å²) in [7, 11) is 0. The van der Waals surface area contributed by atoms with Gasteiger partial charge in [-0.15, -0.1) is 0 Å². The minimum Gasteiger partial charge on any atom is -0.471 e. The normalized spacial score (nSPS) is 17.5. The van der Waals surface area contributed by atoms with Gasteiger partial charge in [-0.2, -0.15) is 0 Å². The number of amides is 1. The van der Waals surface area contributed by atoms with Crippen LogP contribution in [0.2, 0.25) is 0 Å². The topological polar surface area (TPSA) is 55.3 Å². The Hall–Kier alpha value is -2.43. The summed E-state index contributed by atoms with van der Waals surface area (Å²) in [5, 5.41) is 0. The Bertz CT molecular complexity index is 675. The Morgan fingerprint density at radius 1 is 1.38 bits per heavy atom. The zero-order chi connectivity index (χ0) is 16.8. The summed E-state index contributed by atoms with van der Waals surface area (Å²) < 4.78 is 5.85. The van der Waals surface area contributed by atoms with Crippen LogP contribution in [0.25, 0.3) is 0 Å². The van der Waals surface area contributed by atoms with Crippen molar-refractivity contribution in [1.29, 1.82) is 0 Å². The van der Waals surface area contributed by atoms with Crippen molar-refractivity contribution in [3.63, 3.8) is 0 Å². The lowest BCUT2D eigenvalue weighted by Crippen LogP contribution is -2.44. The summed E-state index contributed by atoms with van der Waals surface area (Å²) in [5.74, 6) is 0.723. The van der Waals surface area contributed by atoms with Crippen LogP contribution in [0.3, 0.4) is 0 Å². The summed E-state index contributed by atoms with van der Waals surface area (Å²) in [6, 6.07) is 8.34.